The van der Waals surface area contributed by atoms with Crippen molar-refractivity contribution in [2.45, 2.75) is 32.9 Å². The zero-order chi connectivity index (χ0) is 18.0. The Balaban J connectivity index is 1.40. The van der Waals surface area contributed by atoms with Crippen LogP contribution in [-0.4, -0.2) is 74.9 Å². The van der Waals surface area contributed by atoms with Gasteiger partial charge in [0.2, 0.25) is 0 Å². The van der Waals surface area contributed by atoms with Gasteiger partial charge in [-0.1, -0.05) is 5.16 Å². The van der Waals surface area contributed by atoms with Crippen LogP contribution in [0.1, 0.15) is 25.5 Å². The first-order chi connectivity index (χ1) is 12.8. The molecule has 9 heteroatoms. The molecule has 0 spiro atoms. The Morgan fingerprint density at radius 3 is 2.69 bits per heavy atom. The van der Waals surface area contributed by atoms with E-state index in [4.69, 9.17) is 9.52 Å². The molecule has 1 aliphatic rings. The summed E-state index contributed by atoms with van der Waals surface area (Å²) in [6.45, 7) is 9.59. The van der Waals surface area contributed by atoms with Crippen molar-refractivity contribution in [3.63, 3.8) is 0 Å². The summed E-state index contributed by atoms with van der Waals surface area (Å²) < 4.78 is 6.91. The lowest BCUT2D eigenvalue weighted by molar-refractivity contribution is 0.169. The molecular weight excluding hydrogens is 332 g/mol. The van der Waals surface area contributed by atoms with Crippen LogP contribution in [0.2, 0.25) is 0 Å². The SMILES string of the molecule is CCNC(=NCCCCn1cnnc1)N1CCN(Cc2ccon2)CC1. The summed E-state index contributed by atoms with van der Waals surface area (Å²) in [5.74, 6) is 1.03. The number of piperazine rings is 1. The first-order valence-electron chi connectivity index (χ1n) is 9.32. The number of guanidine groups is 1. The van der Waals surface area contributed by atoms with E-state index in [-0.39, 0.29) is 0 Å². The minimum Gasteiger partial charge on any atom is -0.364 e. The molecule has 2 aromatic heterocycles. The average molecular weight is 360 g/mol. The second-order valence-corrected chi connectivity index (χ2v) is 6.40. The summed E-state index contributed by atoms with van der Waals surface area (Å²) in [7, 11) is 0. The summed E-state index contributed by atoms with van der Waals surface area (Å²) >= 11 is 0. The lowest BCUT2D eigenvalue weighted by Crippen LogP contribution is -2.52. The van der Waals surface area contributed by atoms with Gasteiger partial charge in [0.1, 0.15) is 18.9 Å². The third-order valence-corrected chi connectivity index (χ3v) is 4.44. The predicted octanol–water partition coefficient (Wildman–Crippen LogP) is 0.830. The van der Waals surface area contributed by atoms with Gasteiger partial charge in [-0.05, 0) is 19.8 Å². The molecular formula is C17H28N8O. The Labute approximate surface area is 154 Å². The van der Waals surface area contributed by atoms with E-state index in [1.54, 1.807) is 18.9 Å². The Hall–Kier alpha value is -2.42. The highest BCUT2D eigenvalue weighted by atomic mass is 16.5. The van der Waals surface area contributed by atoms with Gasteiger partial charge in [0.05, 0.1) is 5.69 Å². The van der Waals surface area contributed by atoms with Gasteiger partial charge in [-0.2, -0.15) is 0 Å². The van der Waals surface area contributed by atoms with Gasteiger partial charge >= 0.3 is 0 Å². The van der Waals surface area contributed by atoms with Crippen LogP contribution in [0, 0.1) is 0 Å². The molecule has 0 radical (unpaired) electrons. The first kappa shape index (κ1) is 18.4. The largest absolute Gasteiger partial charge is 0.364 e. The van der Waals surface area contributed by atoms with Crippen molar-refractivity contribution in [2.75, 3.05) is 39.3 Å². The zero-order valence-corrected chi connectivity index (χ0v) is 15.4. The molecule has 0 bridgehead atoms. The van der Waals surface area contributed by atoms with Crippen LogP contribution >= 0.6 is 0 Å². The topological polar surface area (TPSA) is 87.6 Å². The van der Waals surface area contributed by atoms with Crippen LogP contribution in [0.5, 0.6) is 0 Å². The molecule has 0 saturated carbocycles. The molecule has 142 valence electrons. The van der Waals surface area contributed by atoms with E-state index in [2.05, 4.69) is 37.4 Å². The lowest BCUT2D eigenvalue weighted by atomic mass is 10.3. The summed E-state index contributed by atoms with van der Waals surface area (Å²) in [6.07, 6.45) is 7.27. The molecule has 1 saturated heterocycles. The van der Waals surface area contributed by atoms with Crippen molar-refractivity contribution < 1.29 is 4.52 Å². The molecule has 0 aliphatic carbocycles. The molecule has 0 aromatic carbocycles. The maximum atomic E-state index is 4.91. The molecule has 2 aromatic rings. The maximum absolute atomic E-state index is 4.91. The highest BCUT2D eigenvalue weighted by Gasteiger charge is 2.20. The van der Waals surface area contributed by atoms with E-state index in [0.29, 0.717) is 0 Å². The van der Waals surface area contributed by atoms with Crippen molar-refractivity contribution in [3.8, 4) is 0 Å². The standard InChI is InChI=1S/C17H28N8O/c1-2-18-17(19-6-3-4-7-24-14-20-21-15-24)25-10-8-23(9-11-25)13-16-5-12-26-22-16/h5,12,14-15H,2-4,6-11,13H2,1H3,(H,18,19). The number of rotatable bonds is 8. The fraction of sp³-hybridized carbons (Fsp3) is 0.647. The molecule has 1 fully saturated rings. The third kappa shape index (κ3) is 5.55. The number of aliphatic imine (C=N–C) groups is 1. The Kier molecular flexibility index (Phi) is 7.00. The summed E-state index contributed by atoms with van der Waals surface area (Å²) in [5.41, 5.74) is 0.993. The van der Waals surface area contributed by atoms with Crippen LogP contribution < -0.4 is 5.32 Å². The van der Waals surface area contributed by atoms with Gasteiger partial charge in [-0.15, -0.1) is 10.2 Å². The van der Waals surface area contributed by atoms with Crippen LogP contribution in [0.25, 0.3) is 0 Å². The Morgan fingerprint density at radius 1 is 1.19 bits per heavy atom. The molecule has 0 unspecified atom stereocenters. The third-order valence-electron chi connectivity index (χ3n) is 4.44. The highest BCUT2D eigenvalue weighted by Crippen LogP contribution is 2.07. The van der Waals surface area contributed by atoms with Crippen molar-refractivity contribution in [3.05, 3.63) is 30.7 Å². The van der Waals surface area contributed by atoms with Crippen LogP contribution in [0.3, 0.4) is 0 Å². The van der Waals surface area contributed by atoms with Crippen molar-refractivity contribution in [2.24, 2.45) is 4.99 Å². The van der Waals surface area contributed by atoms with Gasteiger partial charge in [-0.3, -0.25) is 9.89 Å². The predicted molar refractivity (Wildman–Crippen MR) is 98.6 cm³/mol. The van der Waals surface area contributed by atoms with Gasteiger partial charge in [-0.25, -0.2) is 0 Å². The lowest BCUT2D eigenvalue weighted by Gasteiger charge is -2.36. The minimum atomic E-state index is 0.837. The molecule has 0 atom stereocenters. The van der Waals surface area contributed by atoms with E-state index in [0.717, 1.165) is 76.9 Å². The van der Waals surface area contributed by atoms with Gasteiger partial charge in [0.15, 0.2) is 5.96 Å². The minimum absolute atomic E-state index is 0.837. The Morgan fingerprint density at radius 2 is 2.00 bits per heavy atom. The number of unbranched alkanes of at least 4 members (excludes halogenated alkanes) is 1. The second-order valence-electron chi connectivity index (χ2n) is 6.40. The highest BCUT2D eigenvalue weighted by molar-refractivity contribution is 5.80. The van der Waals surface area contributed by atoms with Crippen molar-refractivity contribution in [1.82, 2.24) is 35.0 Å². The van der Waals surface area contributed by atoms with Crippen LogP contribution in [0.15, 0.2) is 34.5 Å². The molecule has 1 N–H and O–H groups in total. The monoisotopic (exact) mass is 360 g/mol. The van der Waals surface area contributed by atoms with Crippen molar-refractivity contribution in [1.29, 1.82) is 0 Å². The number of nitrogens with one attached hydrogen (secondary N) is 1. The smallest absolute Gasteiger partial charge is 0.194 e. The van der Waals surface area contributed by atoms with Crippen LogP contribution in [-0.2, 0) is 13.1 Å². The second kappa shape index (κ2) is 9.91. The zero-order valence-electron chi connectivity index (χ0n) is 15.4. The van der Waals surface area contributed by atoms with Gasteiger partial charge < -0.3 is 19.3 Å². The molecule has 1 aliphatic heterocycles. The molecule has 3 heterocycles. The van der Waals surface area contributed by atoms with Gasteiger partial charge in [0.25, 0.3) is 0 Å². The average Bonchev–Trinajstić information content (AvgIpc) is 3.35. The number of aryl methyl sites for hydroxylation is 1. The van der Waals surface area contributed by atoms with E-state index < -0.39 is 0 Å². The Bertz CT molecular complexity index is 632. The number of nitrogens with zero attached hydrogens (tertiary/aromatic N) is 7. The van der Waals surface area contributed by atoms with E-state index in [1.165, 1.54) is 0 Å². The fourth-order valence-electron chi connectivity index (χ4n) is 3.02. The number of hydrogen-bond donors (Lipinski definition) is 1. The summed E-state index contributed by atoms with van der Waals surface area (Å²) in [5, 5.41) is 15.1. The molecule has 9 nitrogen and oxygen atoms in total. The van der Waals surface area contributed by atoms with E-state index >= 15 is 0 Å². The quantitative estimate of drug-likeness (QED) is 0.424. The normalized spacial score (nSPS) is 16.2. The van der Waals surface area contributed by atoms with E-state index in [9.17, 15) is 0 Å². The van der Waals surface area contributed by atoms with Crippen molar-refractivity contribution >= 4 is 5.96 Å². The molecule has 26 heavy (non-hydrogen) atoms. The summed E-state index contributed by atoms with van der Waals surface area (Å²) in [4.78, 5) is 9.55. The van der Waals surface area contributed by atoms with E-state index in [1.807, 2.05) is 10.6 Å². The fourth-order valence-corrected chi connectivity index (χ4v) is 3.02. The maximum Gasteiger partial charge on any atom is 0.194 e. The molecule has 3 rings (SSSR count). The number of aromatic nitrogens is 4. The number of hydrogen-bond acceptors (Lipinski definition) is 6. The first-order valence-corrected chi connectivity index (χ1v) is 9.32. The van der Waals surface area contributed by atoms with Crippen LogP contribution in [0.4, 0.5) is 0 Å². The van der Waals surface area contributed by atoms with Gasteiger partial charge in [0, 0.05) is 58.4 Å². The summed E-state index contributed by atoms with van der Waals surface area (Å²) in [6, 6.07) is 1.93. The molecule has 0 amide bonds.